The van der Waals surface area contributed by atoms with Crippen LogP contribution in [0.4, 0.5) is 5.69 Å². The molecule has 4 rings (SSSR count). The lowest BCUT2D eigenvalue weighted by Crippen LogP contribution is -2.59. The van der Waals surface area contributed by atoms with Gasteiger partial charge in [-0.1, -0.05) is 24.3 Å². The zero-order valence-electron chi connectivity index (χ0n) is 21.2. The normalized spacial score (nSPS) is 20.5. The smallest absolute Gasteiger partial charge is 0.243 e. The average Bonchev–Trinajstić information content (AvgIpc) is 2.83. The molecular formula is C27H37N3O4S. The fourth-order valence-corrected chi connectivity index (χ4v) is 7.27. The fraction of sp³-hybridized carbons (Fsp3) is 0.519. The Bertz CT molecular complexity index is 1160. The van der Waals surface area contributed by atoms with Crippen LogP contribution in [-0.2, 0) is 14.8 Å². The quantitative estimate of drug-likeness (QED) is 0.642. The van der Waals surface area contributed by atoms with Crippen LogP contribution in [0.15, 0.2) is 53.4 Å². The molecule has 0 unspecified atom stereocenters. The number of carbonyl (C=O) groups is 1. The average molecular weight is 500 g/mol. The Labute approximate surface area is 209 Å². The van der Waals surface area contributed by atoms with Crippen molar-refractivity contribution >= 4 is 21.6 Å². The Morgan fingerprint density at radius 1 is 1.03 bits per heavy atom. The zero-order valence-corrected chi connectivity index (χ0v) is 22.0. The molecule has 2 saturated heterocycles. The number of rotatable bonds is 6. The van der Waals surface area contributed by atoms with Crippen molar-refractivity contribution in [2.24, 2.45) is 5.41 Å². The van der Waals surface area contributed by atoms with Gasteiger partial charge in [-0.05, 0) is 94.8 Å². The maximum absolute atomic E-state index is 13.5. The summed E-state index contributed by atoms with van der Waals surface area (Å²) in [5, 5.41) is 2.98. The standard InChI is InChI=1S/C27H37N3O4S/c1-21-10-11-24(34-4)23(18-21)28-25(31)19-29-16-14-27(15-17-29)13-12-26(2,3)30(20-27)35(32,33)22-8-6-5-7-9-22/h5-11,18H,12-17,19-20H2,1-4H3,(H,28,31). The third-order valence-corrected chi connectivity index (χ3v) is 9.74. The lowest BCUT2D eigenvalue weighted by molar-refractivity contribution is -0.118. The Morgan fingerprint density at radius 2 is 1.71 bits per heavy atom. The lowest BCUT2D eigenvalue weighted by Gasteiger charge is -2.53. The lowest BCUT2D eigenvalue weighted by atomic mass is 9.69. The summed E-state index contributed by atoms with van der Waals surface area (Å²) in [4.78, 5) is 15.3. The highest BCUT2D eigenvalue weighted by atomic mass is 32.2. The van der Waals surface area contributed by atoms with E-state index < -0.39 is 15.6 Å². The first kappa shape index (κ1) is 25.7. The number of hydrogen-bond acceptors (Lipinski definition) is 5. The minimum Gasteiger partial charge on any atom is -0.495 e. The first-order valence-corrected chi connectivity index (χ1v) is 13.7. The fourth-order valence-electron chi connectivity index (χ4n) is 5.33. The molecule has 1 N–H and O–H groups in total. The summed E-state index contributed by atoms with van der Waals surface area (Å²) in [5.41, 5.74) is 1.26. The molecule has 1 spiro atoms. The number of aryl methyl sites for hydroxylation is 1. The van der Waals surface area contributed by atoms with Crippen LogP contribution in [0.2, 0.25) is 0 Å². The van der Waals surface area contributed by atoms with E-state index in [-0.39, 0.29) is 11.3 Å². The third-order valence-electron chi connectivity index (χ3n) is 7.67. The number of likely N-dealkylation sites (tertiary alicyclic amines) is 1. The number of piperidine rings is 2. The number of nitrogens with zero attached hydrogens (tertiary/aromatic N) is 2. The highest BCUT2D eigenvalue weighted by Gasteiger charge is 2.49. The molecule has 2 fully saturated rings. The number of nitrogens with one attached hydrogen (secondary N) is 1. The second kappa shape index (κ2) is 9.91. The first-order valence-electron chi connectivity index (χ1n) is 12.3. The molecule has 0 atom stereocenters. The summed E-state index contributed by atoms with van der Waals surface area (Å²) in [6.07, 6.45) is 3.59. The van der Waals surface area contributed by atoms with Crippen LogP contribution in [0.25, 0.3) is 0 Å². The van der Waals surface area contributed by atoms with Crippen molar-refractivity contribution < 1.29 is 17.9 Å². The van der Waals surface area contributed by atoms with Gasteiger partial charge in [0.2, 0.25) is 15.9 Å². The van der Waals surface area contributed by atoms with Crippen molar-refractivity contribution in [3.05, 3.63) is 54.1 Å². The van der Waals surface area contributed by atoms with Gasteiger partial charge in [-0.25, -0.2) is 8.42 Å². The maximum Gasteiger partial charge on any atom is 0.243 e. The molecule has 7 nitrogen and oxygen atoms in total. The van der Waals surface area contributed by atoms with Crippen molar-refractivity contribution in [3.63, 3.8) is 0 Å². The molecule has 190 valence electrons. The van der Waals surface area contributed by atoms with Crippen molar-refractivity contribution in [2.75, 3.05) is 38.6 Å². The topological polar surface area (TPSA) is 79.0 Å². The van der Waals surface area contributed by atoms with E-state index >= 15 is 0 Å². The number of methoxy groups -OCH3 is 1. The van der Waals surface area contributed by atoms with Crippen molar-refractivity contribution in [2.45, 2.75) is 56.9 Å². The molecule has 0 aliphatic carbocycles. The molecule has 0 saturated carbocycles. The summed E-state index contributed by atoms with van der Waals surface area (Å²) < 4.78 is 34.2. The van der Waals surface area contributed by atoms with E-state index in [1.807, 2.05) is 45.0 Å². The Kier molecular flexibility index (Phi) is 7.27. The minimum absolute atomic E-state index is 0.0515. The maximum atomic E-state index is 13.5. The number of hydrogen-bond donors (Lipinski definition) is 1. The largest absolute Gasteiger partial charge is 0.495 e. The summed E-state index contributed by atoms with van der Waals surface area (Å²) in [5.74, 6) is 0.578. The summed E-state index contributed by atoms with van der Waals surface area (Å²) in [7, 11) is -1.98. The monoisotopic (exact) mass is 499 g/mol. The van der Waals surface area contributed by atoms with Gasteiger partial charge in [-0.2, -0.15) is 4.31 Å². The number of benzene rings is 2. The summed E-state index contributed by atoms with van der Waals surface area (Å²) >= 11 is 0. The number of carbonyl (C=O) groups excluding carboxylic acids is 1. The third kappa shape index (κ3) is 5.55. The SMILES string of the molecule is COc1ccc(C)cc1NC(=O)CN1CCC2(CC1)CCC(C)(C)N(S(=O)(=O)c1ccccc1)C2. The molecule has 2 aliphatic rings. The summed E-state index contributed by atoms with van der Waals surface area (Å²) in [6, 6.07) is 14.5. The molecule has 35 heavy (non-hydrogen) atoms. The van der Waals surface area contributed by atoms with Crippen LogP contribution in [0.3, 0.4) is 0 Å². The molecule has 2 aliphatic heterocycles. The molecule has 2 aromatic carbocycles. The van der Waals surface area contributed by atoms with E-state index in [4.69, 9.17) is 4.74 Å². The van der Waals surface area contributed by atoms with Gasteiger partial charge in [0.05, 0.1) is 24.2 Å². The van der Waals surface area contributed by atoms with Crippen molar-refractivity contribution in [3.8, 4) is 5.75 Å². The molecule has 0 bridgehead atoms. The van der Waals surface area contributed by atoms with Gasteiger partial charge in [0.1, 0.15) is 5.75 Å². The highest BCUT2D eigenvalue weighted by molar-refractivity contribution is 7.89. The van der Waals surface area contributed by atoms with Crippen LogP contribution in [0.1, 0.15) is 45.1 Å². The molecule has 0 aromatic heterocycles. The van der Waals surface area contributed by atoms with Gasteiger partial charge in [-0.15, -0.1) is 0 Å². The molecule has 2 aromatic rings. The number of sulfonamides is 1. The van der Waals surface area contributed by atoms with Crippen LogP contribution >= 0.6 is 0 Å². The number of amides is 1. The van der Waals surface area contributed by atoms with E-state index in [0.717, 1.165) is 44.3 Å². The van der Waals surface area contributed by atoms with Crippen molar-refractivity contribution in [1.29, 1.82) is 0 Å². The molecule has 2 heterocycles. The van der Waals surface area contributed by atoms with E-state index in [1.54, 1.807) is 35.7 Å². The van der Waals surface area contributed by atoms with Gasteiger partial charge in [0.25, 0.3) is 0 Å². The van der Waals surface area contributed by atoms with Gasteiger partial charge >= 0.3 is 0 Å². The molecular weight excluding hydrogens is 462 g/mol. The van der Waals surface area contributed by atoms with E-state index in [9.17, 15) is 13.2 Å². The van der Waals surface area contributed by atoms with Gasteiger partial charge in [0.15, 0.2) is 0 Å². The van der Waals surface area contributed by atoms with Crippen LogP contribution in [0.5, 0.6) is 5.75 Å². The van der Waals surface area contributed by atoms with Crippen molar-refractivity contribution in [1.82, 2.24) is 9.21 Å². The Hall–Kier alpha value is -2.42. The molecule has 0 radical (unpaired) electrons. The zero-order chi connectivity index (χ0) is 25.3. The number of ether oxygens (including phenoxy) is 1. The van der Waals surface area contributed by atoms with Gasteiger partial charge in [0, 0.05) is 12.1 Å². The predicted octanol–water partition coefficient (Wildman–Crippen LogP) is 4.29. The second-order valence-electron chi connectivity index (χ2n) is 10.7. The predicted molar refractivity (Wildman–Crippen MR) is 138 cm³/mol. The molecule has 8 heteroatoms. The van der Waals surface area contributed by atoms with Crippen LogP contribution in [0, 0.1) is 12.3 Å². The van der Waals surface area contributed by atoms with Crippen LogP contribution in [-0.4, -0.2) is 62.4 Å². The summed E-state index contributed by atoms with van der Waals surface area (Å²) in [6.45, 7) is 8.42. The number of anilines is 1. The van der Waals surface area contributed by atoms with E-state index in [1.165, 1.54) is 0 Å². The van der Waals surface area contributed by atoms with Crippen LogP contribution < -0.4 is 10.1 Å². The molecule has 1 amide bonds. The Balaban J connectivity index is 1.40. The second-order valence-corrected chi connectivity index (χ2v) is 12.5. The van der Waals surface area contributed by atoms with E-state index in [0.29, 0.717) is 29.4 Å². The van der Waals surface area contributed by atoms with Gasteiger partial charge < -0.3 is 10.1 Å². The highest BCUT2D eigenvalue weighted by Crippen LogP contribution is 2.46. The van der Waals surface area contributed by atoms with Gasteiger partial charge in [-0.3, -0.25) is 9.69 Å². The Morgan fingerprint density at radius 3 is 2.37 bits per heavy atom. The minimum atomic E-state index is -3.58. The van der Waals surface area contributed by atoms with E-state index in [2.05, 4.69) is 10.2 Å². The first-order chi connectivity index (χ1) is 16.5.